The van der Waals surface area contributed by atoms with Gasteiger partial charge in [-0.15, -0.1) is 0 Å². The zero-order chi connectivity index (χ0) is 86.7. The van der Waals surface area contributed by atoms with E-state index in [0.717, 1.165) is 22.7 Å². The van der Waals surface area contributed by atoms with Crippen LogP contribution in [0.3, 0.4) is 0 Å². The van der Waals surface area contributed by atoms with Gasteiger partial charge in [0.15, 0.2) is 0 Å². The van der Waals surface area contributed by atoms with Crippen molar-refractivity contribution in [1.82, 2.24) is 0 Å². The van der Waals surface area contributed by atoms with Crippen molar-refractivity contribution in [2.45, 2.75) is 136 Å². The molecule has 0 heterocycles. The molecule has 0 unspecified atom stereocenters. The third kappa shape index (κ3) is 12.8. The van der Waals surface area contributed by atoms with Crippen LogP contribution in [0.1, 0.15) is 167 Å². The molecular formula is C123H107N3. The van der Waals surface area contributed by atoms with E-state index < -0.39 is 0 Å². The molecule has 23 rings (SSSR count). The van der Waals surface area contributed by atoms with Gasteiger partial charge in [0.2, 0.25) is 0 Å². The molecule has 3 nitrogen and oxygen atoms in total. The largest absolute Gasteiger partial charge is 0.310 e. The molecule has 0 saturated heterocycles. The molecule has 0 aromatic heterocycles. The van der Waals surface area contributed by atoms with E-state index in [0.29, 0.717) is 0 Å². The summed E-state index contributed by atoms with van der Waals surface area (Å²) in [7, 11) is 0. The summed E-state index contributed by atoms with van der Waals surface area (Å²) < 4.78 is 0. The smallest absolute Gasteiger partial charge is 0.0465 e. The van der Waals surface area contributed by atoms with E-state index in [-0.39, 0.29) is 32.5 Å². The highest BCUT2D eigenvalue weighted by molar-refractivity contribution is 5.95. The molecule has 0 aliphatic heterocycles. The predicted molar refractivity (Wildman–Crippen MR) is 534 cm³/mol. The fourth-order valence-corrected chi connectivity index (χ4v) is 22.1. The third-order valence-electron chi connectivity index (χ3n) is 29.2. The van der Waals surface area contributed by atoms with E-state index in [1.165, 1.54) is 201 Å². The second-order valence-electron chi connectivity index (χ2n) is 39.1. The quantitative estimate of drug-likeness (QED) is 0.128. The lowest BCUT2D eigenvalue weighted by Crippen LogP contribution is -2.19. The first-order valence-electron chi connectivity index (χ1n) is 45.0. The highest BCUT2D eigenvalue weighted by atomic mass is 15.2. The Morgan fingerprint density at radius 2 is 0.317 bits per heavy atom. The summed E-state index contributed by atoms with van der Waals surface area (Å²) >= 11 is 0. The van der Waals surface area contributed by atoms with Gasteiger partial charge in [-0.2, -0.15) is 0 Å². The monoisotopic (exact) mass is 1630 g/mol. The Morgan fingerprint density at radius 3 is 0.611 bits per heavy atom. The van der Waals surface area contributed by atoms with Gasteiger partial charge in [-0.05, 0) is 298 Å². The van der Waals surface area contributed by atoms with Crippen molar-refractivity contribution < 1.29 is 0 Å². The lowest BCUT2D eigenvalue weighted by atomic mass is 9.79. The lowest BCUT2D eigenvalue weighted by molar-refractivity contribution is 0.652. The molecule has 0 atom stereocenters. The zero-order valence-electron chi connectivity index (χ0n) is 75.1. The minimum atomic E-state index is -0.118. The molecule has 126 heavy (non-hydrogen) atoms. The summed E-state index contributed by atoms with van der Waals surface area (Å²) in [6.07, 6.45) is 0. The Balaban J connectivity index is 0.000000117. The van der Waals surface area contributed by atoms with Crippen LogP contribution in [0.5, 0.6) is 0 Å². The van der Waals surface area contributed by atoms with Crippen molar-refractivity contribution in [3.8, 4) is 89.0 Å². The van der Waals surface area contributed by atoms with Crippen LogP contribution in [0.25, 0.3) is 89.0 Å². The molecule has 0 amide bonds. The second-order valence-corrected chi connectivity index (χ2v) is 39.1. The number of aryl methyl sites for hydroxylation is 3. The Bertz CT molecular complexity index is 7090. The number of fused-ring (bicyclic) bond motifs is 18. The molecule has 0 spiro atoms. The first kappa shape index (κ1) is 79.3. The van der Waals surface area contributed by atoms with Crippen molar-refractivity contribution >= 4 is 51.2 Å². The molecule has 0 radical (unpaired) electrons. The van der Waals surface area contributed by atoms with E-state index in [4.69, 9.17) is 0 Å². The lowest BCUT2D eigenvalue weighted by Gasteiger charge is -2.31. The highest BCUT2D eigenvalue weighted by Gasteiger charge is 2.45. The molecule has 0 fully saturated rings. The minimum absolute atomic E-state index is 0.0120. The first-order valence-corrected chi connectivity index (χ1v) is 45.0. The van der Waals surface area contributed by atoms with Crippen molar-refractivity contribution in [3.05, 3.63) is 460 Å². The number of benzene rings is 17. The number of hydrogen-bond acceptors (Lipinski definition) is 3. The van der Waals surface area contributed by atoms with Crippen molar-refractivity contribution in [2.24, 2.45) is 0 Å². The van der Waals surface area contributed by atoms with Gasteiger partial charge < -0.3 is 14.7 Å². The molecule has 614 valence electrons. The average molecular weight is 1630 g/mol. The van der Waals surface area contributed by atoms with Gasteiger partial charge in [0.05, 0.1) is 0 Å². The molecule has 0 bridgehead atoms. The Hall–Kier alpha value is -13.9. The molecule has 6 aliphatic carbocycles. The highest BCUT2D eigenvalue weighted by Crippen LogP contribution is 2.60. The van der Waals surface area contributed by atoms with Gasteiger partial charge in [0, 0.05) is 83.7 Å². The van der Waals surface area contributed by atoms with Crippen LogP contribution in [0, 0.1) is 20.8 Å². The topological polar surface area (TPSA) is 9.72 Å². The maximum absolute atomic E-state index is 2.50. The van der Waals surface area contributed by atoms with Crippen LogP contribution in [-0.4, -0.2) is 0 Å². The average Bonchev–Trinajstić information content (AvgIpc) is 1.55. The molecule has 17 aromatic carbocycles. The van der Waals surface area contributed by atoms with Crippen molar-refractivity contribution in [3.63, 3.8) is 0 Å². The predicted octanol–water partition coefficient (Wildman–Crippen LogP) is 33.6. The van der Waals surface area contributed by atoms with Gasteiger partial charge in [-0.25, -0.2) is 0 Å². The number of hydrogen-bond donors (Lipinski definition) is 0. The summed E-state index contributed by atoms with van der Waals surface area (Å²) in [5.41, 5.74) is 52.1. The van der Waals surface area contributed by atoms with Crippen LogP contribution >= 0.6 is 0 Å². The van der Waals surface area contributed by atoms with E-state index in [1.807, 2.05) is 0 Å². The molecule has 17 aromatic rings. The van der Waals surface area contributed by atoms with Gasteiger partial charge in [-0.3, -0.25) is 0 Å². The third-order valence-corrected chi connectivity index (χ3v) is 29.2. The Morgan fingerprint density at radius 1 is 0.135 bits per heavy atom. The molecule has 6 aliphatic rings. The number of rotatable bonds is 11. The maximum Gasteiger partial charge on any atom is 0.0465 e. The van der Waals surface area contributed by atoms with Crippen LogP contribution < -0.4 is 14.7 Å². The molecular weight excluding hydrogens is 1520 g/mol. The van der Waals surface area contributed by atoms with Gasteiger partial charge in [-0.1, -0.05) is 355 Å². The Labute approximate surface area is 745 Å². The van der Waals surface area contributed by atoms with E-state index >= 15 is 0 Å². The van der Waals surface area contributed by atoms with Crippen LogP contribution in [0.2, 0.25) is 0 Å². The molecule has 0 N–H and O–H groups in total. The molecule has 0 saturated carbocycles. The SMILES string of the molecule is Cc1ccc(N(c2ccc(-c3ccccc3)cc2)c2ccc3c(c2)C(C)(C)c2cc4c(cc2-3)C(C)(C)c2ccccc2-4)cc1.Cc1ccc(N(c2ccc(-c3ccccc3)cc2)c2ccc3c(c2)C(C)(C)c2ccccc2-3)cc1.Cc1ccc2c(c1)C(C)(C)c1cc(N(c3ccc4c(c3)C(C)(C)c3ccccc3-4)c3ccc4c(c3)C(C)(C)c3ccccc3-4)ccc1-2. The fourth-order valence-electron chi connectivity index (χ4n) is 22.1. The van der Waals surface area contributed by atoms with Crippen LogP contribution in [-0.2, 0) is 32.5 Å². The standard InChI is InChI=1S/C46H41N.C43H37N.C34H29N/c1-28-16-20-34-37-23-19-31(27-43(37)46(6,7)40(34)24-28)47(29-17-21-35-32-12-8-10-14-38(32)44(2,3)41(35)25-29)30-18-22-36-33-13-9-11-15-39(33)45(4,5)42(36)26-30;1-28-15-19-31(20-16-28)44(32-21-17-30(18-22-32)29-11-7-6-8-12-29)33-23-24-35-37-27-40-36(26-41(37)43(4,5)39(35)25-33)34-13-9-10-14-38(34)42(40,2)3;1-24-13-17-27(18-14-24)35(28-19-15-26(16-20-28)25-9-5-4-6-10-25)29-21-22-31-30-11-7-8-12-32(30)34(2,3)33(31)23-29/h8-27H,1-7H3;6-27H,1-5H3;4-23H,1-3H3. The van der Waals surface area contributed by atoms with Gasteiger partial charge >= 0.3 is 0 Å². The number of anilines is 9. The first-order chi connectivity index (χ1) is 60.7. The summed E-state index contributed by atoms with van der Waals surface area (Å²) in [6, 6.07) is 140. The summed E-state index contributed by atoms with van der Waals surface area (Å²) in [4.78, 5) is 7.27. The number of nitrogens with zero attached hydrogens (tertiary/aromatic N) is 3. The summed E-state index contributed by atoms with van der Waals surface area (Å²) in [6.45, 7) is 35.0. The van der Waals surface area contributed by atoms with Crippen LogP contribution in [0.15, 0.2) is 376 Å². The second kappa shape index (κ2) is 29.7. The van der Waals surface area contributed by atoms with Crippen molar-refractivity contribution in [2.75, 3.05) is 14.7 Å². The van der Waals surface area contributed by atoms with E-state index in [1.54, 1.807) is 0 Å². The van der Waals surface area contributed by atoms with Crippen molar-refractivity contribution in [1.29, 1.82) is 0 Å². The Kier molecular flexibility index (Phi) is 18.7. The van der Waals surface area contributed by atoms with E-state index in [2.05, 4.69) is 495 Å². The zero-order valence-corrected chi connectivity index (χ0v) is 75.1. The van der Waals surface area contributed by atoms with E-state index in [9.17, 15) is 0 Å². The normalized spacial score (nSPS) is 15.0. The maximum atomic E-state index is 2.50. The van der Waals surface area contributed by atoms with Crippen LogP contribution in [0.4, 0.5) is 51.2 Å². The summed E-state index contributed by atoms with van der Waals surface area (Å²) in [5.74, 6) is 0. The van der Waals surface area contributed by atoms with Gasteiger partial charge in [0.1, 0.15) is 0 Å². The minimum Gasteiger partial charge on any atom is -0.310 e. The molecule has 3 heteroatoms. The summed E-state index contributed by atoms with van der Waals surface area (Å²) in [5, 5.41) is 0. The fraction of sp³-hybridized carbons (Fsp3) is 0.171. The van der Waals surface area contributed by atoms with Gasteiger partial charge in [0.25, 0.3) is 0 Å².